The first kappa shape index (κ1) is 20.1. The van der Waals surface area contributed by atoms with Crippen LogP contribution in [0.3, 0.4) is 0 Å². The number of nitrogens with one attached hydrogen (secondary N) is 4. The van der Waals surface area contributed by atoms with Crippen molar-refractivity contribution in [2.24, 2.45) is 0 Å². The van der Waals surface area contributed by atoms with Crippen LogP contribution >= 0.6 is 0 Å². The van der Waals surface area contributed by atoms with Gasteiger partial charge in [0.25, 0.3) is 5.91 Å². The lowest BCUT2D eigenvalue weighted by Gasteiger charge is -2.30. The highest BCUT2D eigenvalue weighted by atomic mass is 16.7. The van der Waals surface area contributed by atoms with Gasteiger partial charge in [-0.15, -0.1) is 0 Å². The minimum absolute atomic E-state index is 0.0842. The highest BCUT2D eigenvalue weighted by Crippen LogP contribution is 2.35. The second-order valence-electron chi connectivity index (χ2n) is 8.51. The summed E-state index contributed by atoms with van der Waals surface area (Å²) in [6, 6.07) is 14.3. The molecule has 31 heavy (non-hydrogen) atoms. The van der Waals surface area contributed by atoms with Gasteiger partial charge in [-0.1, -0.05) is 6.07 Å². The van der Waals surface area contributed by atoms with E-state index in [1.807, 2.05) is 42.5 Å². The predicted octanol–water partition coefficient (Wildman–Crippen LogP) is 2.22. The van der Waals surface area contributed by atoms with Gasteiger partial charge in [-0.2, -0.15) is 0 Å². The second kappa shape index (κ2) is 8.74. The van der Waals surface area contributed by atoms with Gasteiger partial charge < -0.3 is 25.0 Å². The summed E-state index contributed by atoms with van der Waals surface area (Å²) in [5.41, 5.74) is 9.24. The molecule has 8 nitrogen and oxygen atoms in total. The number of anilines is 1. The zero-order valence-electron chi connectivity index (χ0n) is 17.7. The maximum Gasteiger partial charge on any atom is 0.252 e. The van der Waals surface area contributed by atoms with Crippen LogP contribution in [0.2, 0.25) is 0 Å². The number of carbonyl (C=O) groups is 1. The third-order valence-corrected chi connectivity index (χ3v) is 6.24. The number of piperidine rings is 1. The number of hydrogen-bond acceptors (Lipinski definition) is 7. The highest BCUT2D eigenvalue weighted by molar-refractivity contribution is 5.94. The molecule has 5 rings (SSSR count). The summed E-state index contributed by atoms with van der Waals surface area (Å²) < 4.78 is 10.8. The number of rotatable bonds is 5. The van der Waals surface area contributed by atoms with E-state index < -0.39 is 0 Å². The fourth-order valence-corrected chi connectivity index (χ4v) is 4.35. The molecule has 0 spiro atoms. The minimum Gasteiger partial charge on any atom is -0.454 e. The summed E-state index contributed by atoms with van der Waals surface area (Å²) >= 11 is 0. The van der Waals surface area contributed by atoms with Crippen molar-refractivity contribution in [1.82, 2.24) is 21.1 Å². The maximum absolute atomic E-state index is 12.7. The lowest BCUT2D eigenvalue weighted by Crippen LogP contribution is -2.44. The monoisotopic (exact) mass is 423 g/mol. The molecule has 3 aliphatic rings. The average Bonchev–Trinajstić information content (AvgIpc) is 3.45. The van der Waals surface area contributed by atoms with Gasteiger partial charge in [0, 0.05) is 29.8 Å². The van der Waals surface area contributed by atoms with Crippen LogP contribution in [0.1, 0.15) is 41.2 Å². The van der Waals surface area contributed by atoms with Crippen molar-refractivity contribution in [2.75, 3.05) is 32.2 Å². The SMILES string of the molecule is CN1CCC(Nc2ccc(C(=O)NC3CC(c4ccc5c(c4)OCO5)NN3)cc2)CC1. The Kier molecular flexibility index (Phi) is 5.67. The normalized spacial score (nSPS) is 23.6. The quantitative estimate of drug-likeness (QED) is 0.587. The maximum atomic E-state index is 12.7. The Labute approximate surface area is 182 Å². The molecule has 2 atom stereocenters. The van der Waals surface area contributed by atoms with E-state index in [4.69, 9.17) is 9.47 Å². The van der Waals surface area contributed by atoms with Crippen molar-refractivity contribution in [3.63, 3.8) is 0 Å². The van der Waals surface area contributed by atoms with Gasteiger partial charge in [-0.3, -0.25) is 4.79 Å². The molecule has 3 aliphatic heterocycles. The first-order valence-corrected chi connectivity index (χ1v) is 10.9. The van der Waals surface area contributed by atoms with Crippen LogP contribution in [0.25, 0.3) is 0 Å². The Hall–Kier alpha value is -2.81. The number of fused-ring (bicyclic) bond motifs is 1. The molecule has 4 N–H and O–H groups in total. The molecule has 0 radical (unpaired) electrons. The van der Waals surface area contributed by atoms with E-state index >= 15 is 0 Å². The predicted molar refractivity (Wildman–Crippen MR) is 118 cm³/mol. The number of hydrazine groups is 1. The Morgan fingerprint density at radius 1 is 1.03 bits per heavy atom. The molecule has 0 bridgehead atoms. The lowest BCUT2D eigenvalue weighted by atomic mass is 10.0. The van der Waals surface area contributed by atoms with E-state index in [1.165, 1.54) is 0 Å². The zero-order chi connectivity index (χ0) is 21.2. The molecule has 0 aromatic heterocycles. The van der Waals surface area contributed by atoms with Gasteiger partial charge in [0.1, 0.15) is 0 Å². The minimum atomic E-state index is -0.153. The largest absolute Gasteiger partial charge is 0.454 e. The Bertz CT molecular complexity index is 927. The van der Waals surface area contributed by atoms with Gasteiger partial charge in [-0.25, -0.2) is 10.9 Å². The van der Waals surface area contributed by atoms with Crippen molar-refractivity contribution in [3.05, 3.63) is 53.6 Å². The molecule has 2 fully saturated rings. The van der Waals surface area contributed by atoms with E-state index in [2.05, 4.69) is 33.4 Å². The summed E-state index contributed by atoms with van der Waals surface area (Å²) in [5, 5.41) is 6.64. The van der Waals surface area contributed by atoms with Crippen LogP contribution < -0.4 is 31.0 Å². The Balaban J connectivity index is 1.13. The van der Waals surface area contributed by atoms with Crippen LogP contribution in [0, 0.1) is 0 Å². The van der Waals surface area contributed by atoms with Gasteiger partial charge >= 0.3 is 0 Å². The van der Waals surface area contributed by atoms with Crippen molar-refractivity contribution in [2.45, 2.75) is 37.5 Å². The lowest BCUT2D eigenvalue weighted by molar-refractivity contribution is 0.0932. The molecule has 2 aromatic carbocycles. The fourth-order valence-electron chi connectivity index (χ4n) is 4.35. The molecule has 1 amide bonds. The smallest absolute Gasteiger partial charge is 0.252 e. The number of ether oxygens (including phenoxy) is 2. The molecule has 8 heteroatoms. The Morgan fingerprint density at radius 2 is 1.81 bits per heavy atom. The third-order valence-electron chi connectivity index (χ3n) is 6.24. The molecule has 0 saturated carbocycles. The van der Waals surface area contributed by atoms with E-state index in [-0.39, 0.29) is 24.9 Å². The van der Waals surface area contributed by atoms with Crippen LogP contribution in [-0.4, -0.2) is 49.9 Å². The van der Waals surface area contributed by atoms with E-state index in [0.29, 0.717) is 11.6 Å². The number of nitrogens with zero attached hydrogens (tertiary/aromatic N) is 1. The van der Waals surface area contributed by atoms with Gasteiger partial charge in [-0.05, 0) is 74.9 Å². The van der Waals surface area contributed by atoms with Crippen LogP contribution in [-0.2, 0) is 0 Å². The van der Waals surface area contributed by atoms with Crippen LogP contribution in [0.4, 0.5) is 5.69 Å². The topological polar surface area (TPSA) is 86.9 Å². The number of amides is 1. The standard InChI is InChI=1S/C23H29N5O3/c1-28-10-8-18(9-11-28)24-17-5-2-15(3-6-17)23(29)25-22-13-19(26-27-22)16-4-7-20-21(12-16)31-14-30-20/h2-7,12,18-19,22,24,26-27H,8-11,13-14H2,1H3,(H,25,29). The van der Waals surface area contributed by atoms with Crippen molar-refractivity contribution in [3.8, 4) is 11.5 Å². The summed E-state index contributed by atoms with van der Waals surface area (Å²) in [6.07, 6.45) is 2.87. The molecular weight excluding hydrogens is 394 g/mol. The summed E-state index contributed by atoms with van der Waals surface area (Å²) in [7, 11) is 2.16. The number of hydrogen-bond donors (Lipinski definition) is 4. The van der Waals surface area contributed by atoms with Crippen molar-refractivity contribution >= 4 is 11.6 Å². The zero-order valence-corrected chi connectivity index (χ0v) is 17.7. The summed E-state index contributed by atoms with van der Waals surface area (Å²) in [4.78, 5) is 15.0. The number of carbonyl (C=O) groups excluding carboxylic acids is 1. The van der Waals surface area contributed by atoms with Crippen molar-refractivity contribution < 1.29 is 14.3 Å². The first-order valence-electron chi connectivity index (χ1n) is 10.9. The summed E-state index contributed by atoms with van der Waals surface area (Å²) in [6.45, 7) is 2.50. The highest BCUT2D eigenvalue weighted by Gasteiger charge is 2.28. The molecule has 2 aromatic rings. The first-order chi connectivity index (χ1) is 15.1. The third kappa shape index (κ3) is 4.61. The average molecular weight is 424 g/mol. The second-order valence-corrected chi connectivity index (χ2v) is 8.51. The Morgan fingerprint density at radius 3 is 2.61 bits per heavy atom. The van der Waals surface area contributed by atoms with Crippen LogP contribution in [0.15, 0.2) is 42.5 Å². The van der Waals surface area contributed by atoms with Gasteiger partial charge in [0.15, 0.2) is 11.5 Å². The fraction of sp³-hybridized carbons (Fsp3) is 0.435. The van der Waals surface area contributed by atoms with Crippen molar-refractivity contribution in [1.29, 1.82) is 0 Å². The molecule has 164 valence electrons. The van der Waals surface area contributed by atoms with Gasteiger partial charge in [0.05, 0.1) is 6.17 Å². The number of likely N-dealkylation sites (tertiary alicyclic amines) is 1. The molecule has 2 saturated heterocycles. The van der Waals surface area contributed by atoms with Crippen LogP contribution in [0.5, 0.6) is 11.5 Å². The number of benzene rings is 2. The summed E-state index contributed by atoms with van der Waals surface area (Å²) in [5.74, 6) is 1.45. The molecule has 0 aliphatic carbocycles. The van der Waals surface area contributed by atoms with Gasteiger partial charge in [0.2, 0.25) is 6.79 Å². The van der Waals surface area contributed by atoms with E-state index in [0.717, 1.165) is 55.1 Å². The molecule has 2 unspecified atom stereocenters. The molecular formula is C23H29N5O3. The molecule has 3 heterocycles. The van der Waals surface area contributed by atoms with E-state index in [1.54, 1.807) is 0 Å². The van der Waals surface area contributed by atoms with E-state index in [9.17, 15) is 4.79 Å².